The lowest BCUT2D eigenvalue weighted by Crippen LogP contribution is -1.99. The van der Waals surface area contributed by atoms with Crippen molar-refractivity contribution in [2.45, 2.75) is 27.7 Å². The van der Waals surface area contributed by atoms with Gasteiger partial charge in [-0.15, -0.1) is 0 Å². The van der Waals surface area contributed by atoms with E-state index in [2.05, 4.69) is 100 Å². The lowest BCUT2D eigenvalue weighted by atomic mass is 9.86. The molecule has 4 aromatic rings. The number of aryl methyl sites for hydroxylation is 2. The largest absolute Gasteiger partial charge is 0.0614 e. The van der Waals surface area contributed by atoms with Crippen molar-refractivity contribution in [2.75, 3.05) is 0 Å². The molecule has 0 unspecified atom stereocenters. The summed E-state index contributed by atoms with van der Waals surface area (Å²) >= 11 is 0. The first-order valence-electron chi connectivity index (χ1n) is 9.98. The zero-order valence-electron chi connectivity index (χ0n) is 16.9. The second kappa shape index (κ2) is 6.21. The van der Waals surface area contributed by atoms with Crippen molar-refractivity contribution in [3.05, 3.63) is 116 Å². The standard InChI is InChI=1S/C28H24/c1-17-9-5-11-21(19(17)3)23-13-7-15-25-26-16-8-14-24(28(26)27(23)25)22-12-6-10-18(2)20(22)4/h5-16H,1-4H3. The zero-order valence-corrected chi connectivity index (χ0v) is 16.9. The Hall–Kier alpha value is -3.12. The van der Waals surface area contributed by atoms with E-state index < -0.39 is 0 Å². The van der Waals surface area contributed by atoms with Crippen LogP contribution in [-0.4, -0.2) is 0 Å². The molecule has 0 N–H and O–H groups in total. The number of fused-ring (bicyclic) bond motifs is 2. The van der Waals surface area contributed by atoms with Gasteiger partial charge in [0.2, 0.25) is 0 Å². The Bertz CT molecular complexity index is 1330. The minimum absolute atomic E-state index is 1.34. The van der Waals surface area contributed by atoms with Gasteiger partial charge in [0.1, 0.15) is 0 Å². The summed E-state index contributed by atoms with van der Waals surface area (Å²) in [6, 6.07) is 26.7. The highest BCUT2D eigenvalue weighted by Crippen LogP contribution is 2.34. The third-order valence-corrected chi connectivity index (χ3v) is 6.46. The molecule has 1 aliphatic rings. The van der Waals surface area contributed by atoms with Crippen LogP contribution < -0.4 is 0 Å². The predicted octanol–water partition coefficient (Wildman–Crippen LogP) is 7.14. The maximum Gasteiger partial charge on any atom is -0.00140 e. The van der Waals surface area contributed by atoms with Crippen LogP contribution >= 0.6 is 0 Å². The molecule has 5 rings (SSSR count). The minimum Gasteiger partial charge on any atom is -0.0614 e. The predicted molar refractivity (Wildman–Crippen MR) is 118 cm³/mol. The summed E-state index contributed by atoms with van der Waals surface area (Å²) < 4.78 is 0. The summed E-state index contributed by atoms with van der Waals surface area (Å²) in [5.41, 5.74) is 10.8. The van der Waals surface area contributed by atoms with Gasteiger partial charge in [0.05, 0.1) is 0 Å². The molecule has 0 saturated carbocycles. The number of hydrogen-bond donors (Lipinski definition) is 0. The Labute approximate surface area is 166 Å². The average Bonchev–Trinajstić information content (AvgIpc) is 2.69. The highest BCUT2D eigenvalue weighted by atomic mass is 14.2. The molecular weight excluding hydrogens is 336 g/mol. The van der Waals surface area contributed by atoms with E-state index in [0.717, 1.165) is 0 Å². The first-order valence-corrected chi connectivity index (χ1v) is 9.98. The SMILES string of the molecule is Cc1cccc(-c2cccc3c2=c2c(-c4cccc(C)c4C)cccc2=3)c1C. The lowest BCUT2D eigenvalue weighted by molar-refractivity contribution is 1.26. The van der Waals surface area contributed by atoms with Crippen molar-refractivity contribution in [1.82, 2.24) is 0 Å². The summed E-state index contributed by atoms with van der Waals surface area (Å²) in [5, 5.41) is 5.56. The molecule has 0 atom stereocenters. The highest BCUT2D eigenvalue weighted by Gasteiger charge is 2.15. The van der Waals surface area contributed by atoms with E-state index in [-0.39, 0.29) is 0 Å². The Kier molecular flexibility index (Phi) is 3.77. The van der Waals surface area contributed by atoms with Crippen molar-refractivity contribution in [1.29, 1.82) is 0 Å². The van der Waals surface area contributed by atoms with E-state index in [9.17, 15) is 0 Å². The van der Waals surface area contributed by atoms with Crippen LogP contribution in [0.2, 0.25) is 0 Å². The van der Waals surface area contributed by atoms with Gasteiger partial charge in [0.15, 0.2) is 0 Å². The maximum absolute atomic E-state index is 2.28. The molecular formula is C28H24. The lowest BCUT2D eigenvalue weighted by Gasteiger charge is -2.17. The van der Waals surface area contributed by atoms with Gasteiger partial charge in [-0.1, -0.05) is 72.8 Å². The van der Waals surface area contributed by atoms with Crippen LogP contribution in [0.5, 0.6) is 0 Å². The summed E-state index contributed by atoms with van der Waals surface area (Å²) in [5.74, 6) is 0. The van der Waals surface area contributed by atoms with Crippen LogP contribution in [0.15, 0.2) is 72.8 Å². The van der Waals surface area contributed by atoms with E-state index in [1.807, 2.05) is 0 Å². The van der Waals surface area contributed by atoms with Crippen LogP contribution in [0.4, 0.5) is 0 Å². The van der Waals surface area contributed by atoms with Crippen molar-refractivity contribution in [2.24, 2.45) is 0 Å². The monoisotopic (exact) mass is 360 g/mol. The number of rotatable bonds is 2. The second-order valence-electron chi connectivity index (χ2n) is 7.95. The molecule has 1 aliphatic carbocycles. The molecule has 136 valence electrons. The van der Waals surface area contributed by atoms with Crippen LogP contribution in [0, 0.1) is 48.6 Å². The fraction of sp³-hybridized carbons (Fsp3) is 0.143. The minimum atomic E-state index is 1.34. The van der Waals surface area contributed by atoms with Crippen molar-refractivity contribution in [3.8, 4) is 22.3 Å². The van der Waals surface area contributed by atoms with Crippen LogP contribution in [0.25, 0.3) is 22.3 Å². The smallest absolute Gasteiger partial charge is 0.00140 e. The molecule has 28 heavy (non-hydrogen) atoms. The van der Waals surface area contributed by atoms with Gasteiger partial charge in [-0.05, 0) is 93.1 Å². The van der Waals surface area contributed by atoms with E-state index in [0.29, 0.717) is 0 Å². The van der Waals surface area contributed by atoms with E-state index in [4.69, 9.17) is 0 Å². The molecule has 0 aliphatic heterocycles. The van der Waals surface area contributed by atoms with Crippen LogP contribution in [-0.2, 0) is 0 Å². The summed E-state index contributed by atoms with van der Waals surface area (Å²) in [7, 11) is 0. The quantitative estimate of drug-likeness (QED) is 0.314. The summed E-state index contributed by atoms with van der Waals surface area (Å²) in [4.78, 5) is 0. The topological polar surface area (TPSA) is 0 Å². The van der Waals surface area contributed by atoms with Gasteiger partial charge in [0, 0.05) is 0 Å². The second-order valence-corrected chi connectivity index (χ2v) is 7.95. The molecule has 0 amide bonds. The molecule has 0 spiro atoms. The Morgan fingerprint density at radius 3 is 1.18 bits per heavy atom. The van der Waals surface area contributed by atoms with E-state index in [1.54, 1.807) is 0 Å². The first kappa shape index (κ1) is 17.0. The van der Waals surface area contributed by atoms with E-state index >= 15 is 0 Å². The Morgan fingerprint density at radius 2 is 0.750 bits per heavy atom. The first-order chi connectivity index (χ1) is 13.6. The molecule has 4 aromatic carbocycles. The molecule has 0 heteroatoms. The van der Waals surface area contributed by atoms with E-state index in [1.165, 1.54) is 65.4 Å². The van der Waals surface area contributed by atoms with Crippen LogP contribution in [0.3, 0.4) is 0 Å². The molecule has 0 aromatic heterocycles. The fourth-order valence-electron chi connectivity index (χ4n) is 4.56. The van der Waals surface area contributed by atoms with Gasteiger partial charge < -0.3 is 0 Å². The highest BCUT2D eigenvalue weighted by molar-refractivity contribution is 5.75. The molecule has 0 saturated heterocycles. The third-order valence-electron chi connectivity index (χ3n) is 6.46. The summed E-state index contributed by atoms with van der Waals surface area (Å²) in [6.07, 6.45) is 0. The third kappa shape index (κ3) is 2.31. The van der Waals surface area contributed by atoms with Gasteiger partial charge in [-0.2, -0.15) is 0 Å². The Morgan fingerprint density at radius 1 is 0.393 bits per heavy atom. The van der Waals surface area contributed by atoms with Crippen molar-refractivity contribution >= 4 is 0 Å². The average molecular weight is 361 g/mol. The fourth-order valence-corrected chi connectivity index (χ4v) is 4.56. The van der Waals surface area contributed by atoms with Crippen molar-refractivity contribution in [3.63, 3.8) is 0 Å². The molecule has 0 bridgehead atoms. The molecule has 0 heterocycles. The van der Waals surface area contributed by atoms with Crippen molar-refractivity contribution < 1.29 is 0 Å². The Balaban J connectivity index is 1.93. The number of benzene rings is 4. The molecule has 0 nitrogen and oxygen atoms in total. The number of hydrogen-bond acceptors (Lipinski definition) is 0. The summed E-state index contributed by atoms with van der Waals surface area (Å²) in [6.45, 7) is 8.87. The van der Waals surface area contributed by atoms with Gasteiger partial charge in [-0.25, -0.2) is 0 Å². The van der Waals surface area contributed by atoms with Gasteiger partial charge in [0.25, 0.3) is 0 Å². The molecule has 0 radical (unpaired) electrons. The normalized spacial score (nSPS) is 11.6. The zero-order chi connectivity index (χ0) is 19.4. The maximum atomic E-state index is 2.28. The van der Waals surface area contributed by atoms with Gasteiger partial charge >= 0.3 is 0 Å². The van der Waals surface area contributed by atoms with Gasteiger partial charge in [-0.3, -0.25) is 0 Å². The molecule has 0 fully saturated rings. The van der Waals surface area contributed by atoms with Crippen LogP contribution in [0.1, 0.15) is 22.3 Å².